The van der Waals surface area contributed by atoms with Crippen molar-refractivity contribution in [3.8, 4) is 0 Å². The molecule has 0 bridgehead atoms. The molecule has 7 heteroatoms. The van der Waals surface area contributed by atoms with Crippen LogP contribution in [0.5, 0.6) is 0 Å². The molecule has 0 unspecified atom stereocenters. The Bertz CT molecular complexity index is 1430. The van der Waals surface area contributed by atoms with Gasteiger partial charge in [-0.25, -0.2) is 0 Å². The number of hydrogen-bond acceptors (Lipinski definition) is 4. The summed E-state index contributed by atoms with van der Waals surface area (Å²) < 4.78 is 6.96. The number of aryl methyl sites for hydroxylation is 1. The Morgan fingerprint density at radius 2 is 1.77 bits per heavy atom. The number of nitrogens with zero attached hydrogens (tertiary/aromatic N) is 3. The van der Waals surface area contributed by atoms with Crippen LogP contribution in [-0.4, -0.2) is 48.8 Å². The quantitative estimate of drug-likeness (QED) is 0.310. The molecule has 1 fully saturated rings. The lowest BCUT2D eigenvalue weighted by Gasteiger charge is -2.48. The molecular weight excluding hydrogens is 514 g/mol. The van der Waals surface area contributed by atoms with Crippen LogP contribution in [-0.2, 0) is 15.6 Å². The molecule has 3 aromatic rings. The van der Waals surface area contributed by atoms with Crippen molar-refractivity contribution in [3.05, 3.63) is 71.0 Å². The summed E-state index contributed by atoms with van der Waals surface area (Å²) in [4.78, 5) is 35.8. The lowest BCUT2D eigenvalue weighted by Crippen LogP contribution is -2.59. The molecule has 2 amide bonds. The van der Waals surface area contributed by atoms with E-state index in [0.29, 0.717) is 12.0 Å². The van der Waals surface area contributed by atoms with Gasteiger partial charge in [-0.3, -0.25) is 19.5 Å². The first-order chi connectivity index (χ1) is 18.9. The van der Waals surface area contributed by atoms with Crippen molar-refractivity contribution >= 4 is 36.6 Å². The zero-order valence-electron chi connectivity index (χ0n) is 25.1. The molecule has 212 valence electrons. The number of carbonyl (C=O) groups excluding carboxylic acids is 2. The molecule has 1 saturated carbocycles. The molecule has 1 aromatic heterocycles. The van der Waals surface area contributed by atoms with Crippen LogP contribution in [0, 0.1) is 6.92 Å². The van der Waals surface area contributed by atoms with Crippen LogP contribution < -0.4 is 4.90 Å². The highest BCUT2D eigenvalue weighted by atomic mass is 28.4. The molecule has 0 N–H and O–H groups in total. The van der Waals surface area contributed by atoms with Gasteiger partial charge in [-0.15, -0.1) is 0 Å². The van der Waals surface area contributed by atoms with Gasteiger partial charge >= 0.3 is 0 Å². The minimum Gasteiger partial charge on any atom is -0.412 e. The van der Waals surface area contributed by atoms with Crippen molar-refractivity contribution in [2.24, 2.45) is 0 Å². The van der Waals surface area contributed by atoms with Gasteiger partial charge < -0.3 is 9.33 Å². The first-order valence-electron chi connectivity index (χ1n) is 14.6. The molecule has 2 aromatic carbocycles. The zero-order valence-corrected chi connectivity index (χ0v) is 26.1. The largest absolute Gasteiger partial charge is 0.412 e. The van der Waals surface area contributed by atoms with E-state index in [4.69, 9.17) is 4.43 Å². The normalized spacial score (nSPS) is 20.1. The Labute approximate surface area is 239 Å². The molecule has 0 radical (unpaired) electrons. The van der Waals surface area contributed by atoms with Gasteiger partial charge in [-0.1, -0.05) is 63.9 Å². The van der Waals surface area contributed by atoms with Crippen LogP contribution in [0.3, 0.4) is 0 Å². The van der Waals surface area contributed by atoms with Crippen molar-refractivity contribution in [2.75, 3.05) is 11.6 Å². The SMILES string of the molecule is CC(=O)N1CN([C@H]2CCCC[C@@H]2O[Si](C)(C)C(C)(C)C)C(=O)c2cc(Cc3ccc(C)nc3)c3ccccc3c21. The summed E-state index contributed by atoms with van der Waals surface area (Å²) in [6.07, 6.45) is 6.54. The predicted molar refractivity (Wildman–Crippen MR) is 164 cm³/mol. The monoisotopic (exact) mass is 557 g/mol. The van der Waals surface area contributed by atoms with Crippen molar-refractivity contribution < 1.29 is 14.0 Å². The summed E-state index contributed by atoms with van der Waals surface area (Å²) >= 11 is 0. The number of hydrogen-bond donors (Lipinski definition) is 0. The molecule has 2 heterocycles. The number of anilines is 1. The molecule has 6 nitrogen and oxygen atoms in total. The number of carbonyl (C=O) groups is 2. The molecule has 2 atom stereocenters. The Balaban J connectivity index is 1.59. The number of amides is 2. The maximum atomic E-state index is 14.4. The third-order valence-electron chi connectivity index (χ3n) is 9.22. The van der Waals surface area contributed by atoms with Crippen molar-refractivity contribution in [1.82, 2.24) is 9.88 Å². The van der Waals surface area contributed by atoms with Crippen LogP contribution in [0.25, 0.3) is 10.8 Å². The smallest absolute Gasteiger partial charge is 0.257 e. The molecular formula is C33H43N3O3Si. The van der Waals surface area contributed by atoms with Crippen LogP contribution in [0.1, 0.15) is 80.6 Å². The number of fused-ring (bicyclic) bond motifs is 3. The molecule has 1 aliphatic heterocycles. The van der Waals surface area contributed by atoms with E-state index in [1.165, 1.54) is 0 Å². The molecule has 2 aliphatic rings. The maximum absolute atomic E-state index is 14.4. The molecule has 40 heavy (non-hydrogen) atoms. The topological polar surface area (TPSA) is 62.7 Å². The predicted octanol–water partition coefficient (Wildman–Crippen LogP) is 7.23. The van der Waals surface area contributed by atoms with Crippen molar-refractivity contribution in [1.29, 1.82) is 0 Å². The lowest BCUT2D eigenvalue weighted by molar-refractivity contribution is -0.117. The standard InChI is InChI=1S/C33H43N3O3Si/c1-22-16-17-24(20-34-22)18-25-19-28-31(27-13-9-8-12-26(25)27)35(23(2)37)21-36(32(28)38)29-14-10-11-15-30(29)39-40(6,7)33(3,4)5/h8-9,12-13,16-17,19-20,29-30H,10-11,14-15,18,21H2,1-7H3/t29-,30-/m0/s1. The van der Waals surface area contributed by atoms with Crippen molar-refractivity contribution in [3.63, 3.8) is 0 Å². The molecule has 5 rings (SSSR count). The van der Waals surface area contributed by atoms with Gasteiger partial charge in [-0.2, -0.15) is 0 Å². The van der Waals surface area contributed by atoms with Gasteiger partial charge in [0.2, 0.25) is 5.91 Å². The minimum absolute atomic E-state index is 0.00253. The Morgan fingerprint density at radius 1 is 1.07 bits per heavy atom. The molecule has 1 aliphatic carbocycles. The molecule has 0 spiro atoms. The van der Waals surface area contributed by atoms with Gasteiger partial charge in [0.05, 0.1) is 23.4 Å². The number of aromatic nitrogens is 1. The maximum Gasteiger partial charge on any atom is 0.257 e. The fourth-order valence-corrected chi connectivity index (χ4v) is 7.32. The fraction of sp³-hybridized carbons (Fsp3) is 0.485. The van der Waals surface area contributed by atoms with E-state index in [1.807, 2.05) is 48.4 Å². The second-order valence-corrected chi connectivity index (χ2v) is 17.9. The highest BCUT2D eigenvalue weighted by Gasteiger charge is 2.45. The van der Waals surface area contributed by atoms with E-state index in [1.54, 1.807) is 11.8 Å². The summed E-state index contributed by atoms with van der Waals surface area (Å²) in [5.74, 6) is -0.0608. The van der Waals surface area contributed by atoms with Gasteiger partial charge in [0.25, 0.3) is 5.91 Å². The Kier molecular flexibility index (Phi) is 7.66. The summed E-state index contributed by atoms with van der Waals surface area (Å²) in [5, 5.41) is 2.08. The van der Waals surface area contributed by atoms with E-state index in [-0.39, 0.29) is 35.7 Å². The lowest BCUT2D eigenvalue weighted by atomic mass is 9.89. The Morgan fingerprint density at radius 3 is 2.42 bits per heavy atom. The van der Waals surface area contributed by atoms with Crippen LogP contribution in [0.2, 0.25) is 18.1 Å². The van der Waals surface area contributed by atoms with Crippen LogP contribution in [0.15, 0.2) is 48.7 Å². The number of benzene rings is 2. The van der Waals surface area contributed by atoms with E-state index in [0.717, 1.165) is 59.0 Å². The number of pyridine rings is 1. The first kappa shape index (κ1) is 28.5. The summed E-state index contributed by atoms with van der Waals surface area (Å²) in [5.41, 5.74) is 4.47. The first-order valence-corrected chi connectivity index (χ1v) is 17.5. The van der Waals surface area contributed by atoms with Gasteiger partial charge in [0, 0.05) is 24.2 Å². The zero-order chi connectivity index (χ0) is 28.8. The van der Waals surface area contributed by atoms with Crippen LogP contribution >= 0.6 is 0 Å². The van der Waals surface area contributed by atoms with E-state index in [9.17, 15) is 9.59 Å². The van der Waals surface area contributed by atoms with Crippen LogP contribution in [0.4, 0.5) is 5.69 Å². The summed E-state index contributed by atoms with van der Waals surface area (Å²) in [7, 11) is -2.05. The van der Waals surface area contributed by atoms with E-state index >= 15 is 0 Å². The van der Waals surface area contributed by atoms with Gasteiger partial charge in [0.15, 0.2) is 8.32 Å². The van der Waals surface area contributed by atoms with Gasteiger partial charge in [-0.05, 0) is 73.0 Å². The second-order valence-electron chi connectivity index (χ2n) is 13.1. The van der Waals surface area contributed by atoms with E-state index < -0.39 is 8.32 Å². The fourth-order valence-electron chi connectivity index (χ4n) is 5.94. The second kappa shape index (κ2) is 10.7. The minimum atomic E-state index is -2.05. The highest BCUT2D eigenvalue weighted by Crippen LogP contribution is 2.42. The summed E-state index contributed by atoms with van der Waals surface area (Å²) in [6.45, 7) is 15.2. The Hall–Kier alpha value is -3.03. The average molecular weight is 558 g/mol. The third-order valence-corrected chi connectivity index (χ3v) is 13.7. The average Bonchev–Trinajstić information content (AvgIpc) is 2.90. The van der Waals surface area contributed by atoms with E-state index in [2.05, 4.69) is 51.0 Å². The van der Waals surface area contributed by atoms with Crippen molar-refractivity contribution in [2.45, 2.75) is 97.0 Å². The summed E-state index contributed by atoms with van der Waals surface area (Å²) in [6, 6.07) is 14.2. The highest BCUT2D eigenvalue weighted by molar-refractivity contribution is 6.74. The number of rotatable bonds is 5. The van der Waals surface area contributed by atoms with Gasteiger partial charge in [0.1, 0.15) is 6.67 Å². The molecule has 0 saturated heterocycles. The third kappa shape index (κ3) is 5.33.